The van der Waals surface area contributed by atoms with E-state index < -0.39 is 5.41 Å². The number of methoxy groups -OCH3 is 1. The van der Waals surface area contributed by atoms with Gasteiger partial charge in [-0.25, -0.2) is 0 Å². The molecule has 104 valence electrons. The first-order chi connectivity index (χ1) is 9.14. The Morgan fingerprint density at radius 1 is 1.32 bits per heavy atom. The lowest BCUT2D eigenvalue weighted by Gasteiger charge is -2.36. The van der Waals surface area contributed by atoms with E-state index in [0.29, 0.717) is 11.3 Å². The lowest BCUT2D eigenvalue weighted by Crippen LogP contribution is -2.44. The number of phenolic OH excluding ortho intramolecular Hbond substituents is 1. The van der Waals surface area contributed by atoms with Gasteiger partial charge in [-0.2, -0.15) is 0 Å². The predicted molar refractivity (Wildman–Crippen MR) is 73.5 cm³/mol. The first kappa shape index (κ1) is 13.7. The minimum absolute atomic E-state index is 0.00679. The van der Waals surface area contributed by atoms with Crippen molar-refractivity contribution in [1.82, 2.24) is 5.32 Å². The highest BCUT2D eigenvalue weighted by Gasteiger charge is 2.42. The van der Waals surface area contributed by atoms with Crippen molar-refractivity contribution >= 4 is 5.91 Å². The van der Waals surface area contributed by atoms with Gasteiger partial charge >= 0.3 is 0 Å². The Balaban J connectivity index is 2.46. The first-order valence-corrected chi connectivity index (χ1v) is 6.74. The third kappa shape index (κ3) is 2.39. The molecule has 4 heteroatoms. The number of hydrogen-bond acceptors (Lipinski definition) is 3. The average molecular weight is 263 g/mol. The summed E-state index contributed by atoms with van der Waals surface area (Å²) in [5.74, 6) is 0.738. The number of ether oxygens (including phenoxy) is 1. The number of rotatable bonds is 3. The second kappa shape index (κ2) is 5.51. The molecule has 1 fully saturated rings. The standard InChI is InChI=1S/C15H21NO3/c1-16-14(18)15(8-4-3-5-9-15)12-7-6-11(19-2)10-13(12)17/h6-7,10,17H,3-5,8-9H2,1-2H3,(H,16,18). The largest absolute Gasteiger partial charge is 0.507 e. The van der Waals surface area contributed by atoms with E-state index in [1.807, 2.05) is 6.07 Å². The monoisotopic (exact) mass is 263 g/mol. The van der Waals surface area contributed by atoms with Crippen molar-refractivity contribution in [3.63, 3.8) is 0 Å². The van der Waals surface area contributed by atoms with Gasteiger partial charge in [-0.15, -0.1) is 0 Å². The molecule has 0 unspecified atom stereocenters. The van der Waals surface area contributed by atoms with Crippen molar-refractivity contribution < 1.29 is 14.6 Å². The Labute approximate surface area is 113 Å². The Hall–Kier alpha value is -1.71. The van der Waals surface area contributed by atoms with Gasteiger partial charge in [0, 0.05) is 18.7 Å². The molecule has 2 rings (SSSR count). The maximum Gasteiger partial charge on any atom is 0.230 e. The predicted octanol–water partition coefficient (Wildman–Crippen LogP) is 2.35. The van der Waals surface area contributed by atoms with Crippen molar-refractivity contribution in [2.75, 3.05) is 14.2 Å². The van der Waals surface area contributed by atoms with Crippen LogP contribution in [0.15, 0.2) is 18.2 Å². The van der Waals surface area contributed by atoms with Crippen LogP contribution < -0.4 is 10.1 Å². The second-order valence-electron chi connectivity index (χ2n) is 5.10. The van der Waals surface area contributed by atoms with Gasteiger partial charge in [-0.05, 0) is 18.9 Å². The molecule has 1 aliphatic rings. The molecule has 0 bridgehead atoms. The molecule has 1 saturated carbocycles. The van der Waals surface area contributed by atoms with Crippen LogP contribution in [-0.2, 0) is 10.2 Å². The van der Waals surface area contributed by atoms with E-state index in [2.05, 4.69) is 5.32 Å². The number of hydrogen-bond donors (Lipinski definition) is 2. The van der Waals surface area contributed by atoms with Crippen LogP contribution in [0, 0.1) is 0 Å². The highest BCUT2D eigenvalue weighted by molar-refractivity contribution is 5.89. The summed E-state index contributed by atoms with van der Waals surface area (Å²) in [4.78, 5) is 12.3. The average Bonchev–Trinajstić information content (AvgIpc) is 2.46. The summed E-state index contributed by atoms with van der Waals surface area (Å²) in [5, 5.41) is 13.0. The zero-order chi connectivity index (χ0) is 13.9. The van der Waals surface area contributed by atoms with Gasteiger partial charge < -0.3 is 15.2 Å². The topological polar surface area (TPSA) is 58.6 Å². The Bertz CT molecular complexity index is 464. The quantitative estimate of drug-likeness (QED) is 0.880. The van der Waals surface area contributed by atoms with Crippen molar-refractivity contribution in [2.45, 2.75) is 37.5 Å². The van der Waals surface area contributed by atoms with Crippen LogP contribution in [0.5, 0.6) is 11.5 Å². The van der Waals surface area contributed by atoms with E-state index in [0.717, 1.165) is 32.1 Å². The molecule has 0 spiro atoms. The van der Waals surface area contributed by atoms with E-state index >= 15 is 0 Å². The minimum Gasteiger partial charge on any atom is -0.507 e. The van der Waals surface area contributed by atoms with Crippen molar-refractivity contribution in [1.29, 1.82) is 0 Å². The zero-order valence-electron chi connectivity index (χ0n) is 11.5. The third-order valence-corrected chi connectivity index (χ3v) is 4.09. The number of amides is 1. The van der Waals surface area contributed by atoms with Crippen molar-refractivity contribution in [2.24, 2.45) is 0 Å². The Morgan fingerprint density at radius 3 is 2.53 bits per heavy atom. The molecule has 0 atom stereocenters. The van der Waals surface area contributed by atoms with Crippen LogP contribution in [0.2, 0.25) is 0 Å². The van der Waals surface area contributed by atoms with E-state index in [9.17, 15) is 9.90 Å². The molecule has 1 aromatic carbocycles. The minimum atomic E-state index is -0.594. The molecular formula is C15H21NO3. The molecule has 2 N–H and O–H groups in total. The SMILES string of the molecule is CNC(=O)C1(c2ccc(OC)cc2O)CCCCC1. The highest BCUT2D eigenvalue weighted by Crippen LogP contribution is 2.44. The fourth-order valence-electron chi connectivity index (χ4n) is 3.06. The second-order valence-corrected chi connectivity index (χ2v) is 5.10. The van der Waals surface area contributed by atoms with E-state index in [-0.39, 0.29) is 11.7 Å². The van der Waals surface area contributed by atoms with Gasteiger partial charge in [0.15, 0.2) is 0 Å². The van der Waals surface area contributed by atoms with Crippen LogP contribution in [0.1, 0.15) is 37.7 Å². The van der Waals surface area contributed by atoms with Crippen LogP contribution in [0.25, 0.3) is 0 Å². The number of benzene rings is 1. The molecule has 1 aromatic rings. The molecule has 1 amide bonds. The number of aromatic hydroxyl groups is 1. The smallest absolute Gasteiger partial charge is 0.230 e. The maximum atomic E-state index is 12.3. The van der Waals surface area contributed by atoms with E-state index in [4.69, 9.17) is 4.74 Å². The highest BCUT2D eigenvalue weighted by atomic mass is 16.5. The number of likely N-dealkylation sites (N-methyl/N-ethyl adjacent to an activating group) is 1. The summed E-state index contributed by atoms with van der Waals surface area (Å²) in [6, 6.07) is 5.19. The fourth-order valence-corrected chi connectivity index (χ4v) is 3.06. The van der Waals surface area contributed by atoms with Crippen LogP contribution in [-0.4, -0.2) is 25.2 Å². The van der Waals surface area contributed by atoms with Crippen LogP contribution in [0.4, 0.5) is 0 Å². The lowest BCUT2D eigenvalue weighted by molar-refractivity contribution is -0.127. The van der Waals surface area contributed by atoms with Gasteiger partial charge in [-0.1, -0.05) is 25.3 Å². The summed E-state index contributed by atoms with van der Waals surface area (Å²) in [7, 11) is 3.21. The fraction of sp³-hybridized carbons (Fsp3) is 0.533. The molecule has 0 aliphatic heterocycles. The number of nitrogens with one attached hydrogen (secondary N) is 1. The van der Waals surface area contributed by atoms with Gasteiger partial charge in [0.25, 0.3) is 0 Å². The molecule has 19 heavy (non-hydrogen) atoms. The molecular weight excluding hydrogens is 242 g/mol. The number of carbonyl (C=O) groups is 1. The normalized spacial score (nSPS) is 17.8. The third-order valence-electron chi connectivity index (χ3n) is 4.09. The van der Waals surface area contributed by atoms with Gasteiger partial charge in [0.05, 0.1) is 12.5 Å². The summed E-state index contributed by atoms with van der Waals surface area (Å²) < 4.78 is 5.10. The zero-order valence-corrected chi connectivity index (χ0v) is 11.5. The molecule has 0 saturated heterocycles. The summed E-state index contributed by atoms with van der Waals surface area (Å²) in [6.07, 6.45) is 4.74. The summed E-state index contributed by atoms with van der Waals surface area (Å²) in [6.45, 7) is 0. The summed E-state index contributed by atoms with van der Waals surface area (Å²) in [5.41, 5.74) is 0.121. The first-order valence-electron chi connectivity index (χ1n) is 6.74. The maximum absolute atomic E-state index is 12.3. The van der Waals surface area contributed by atoms with Crippen LogP contribution >= 0.6 is 0 Å². The number of carbonyl (C=O) groups excluding carboxylic acids is 1. The Kier molecular flexibility index (Phi) is 3.98. The van der Waals surface area contributed by atoms with Crippen molar-refractivity contribution in [3.8, 4) is 11.5 Å². The molecule has 1 aliphatic carbocycles. The van der Waals surface area contributed by atoms with Gasteiger partial charge in [-0.3, -0.25) is 4.79 Å². The van der Waals surface area contributed by atoms with E-state index in [1.165, 1.54) is 0 Å². The van der Waals surface area contributed by atoms with Gasteiger partial charge in [0.2, 0.25) is 5.91 Å². The summed E-state index contributed by atoms with van der Waals surface area (Å²) >= 11 is 0. The van der Waals surface area contributed by atoms with Crippen molar-refractivity contribution in [3.05, 3.63) is 23.8 Å². The Morgan fingerprint density at radius 2 is 2.00 bits per heavy atom. The van der Waals surface area contributed by atoms with Crippen LogP contribution in [0.3, 0.4) is 0 Å². The van der Waals surface area contributed by atoms with Gasteiger partial charge in [0.1, 0.15) is 11.5 Å². The number of phenols is 1. The molecule has 0 aromatic heterocycles. The van der Waals surface area contributed by atoms with E-state index in [1.54, 1.807) is 26.3 Å². The lowest BCUT2D eigenvalue weighted by atomic mass is 9.68. The molecule has 4 nitrogen and oxygen atoms in total. The molecule has 0 heterocycles. The molecule has 0 radical (unpaired) electrons.